The quantitative estimate of drug-likeness (QED) is 0.311. The number of aldehydes is 1. The molecule has 0 aliphatic carbocycles. The molecule has 0 radical (unpaired) electrons. The van der Waals surface area contributed by atoms with Crippen LogP contribution >= 0.6 is 0 Å². The van der Waals surface area contributed by atoms with Crippen LogP contribution in [0.2, 0.25) is 0 Å². The maximum absolute atomic E-state index is 10.7. The highest BCUT2D eigenvalue weighted by Gasteiger charge is 2.36. The van der Waals surface area contributed by atoms with Gasteiger partial charge in [-0.3, -0.25) is 19.5 Å². The van der Waals surface area contributed by atoms with E-state index < -0.39 is 27.5 Å². The van der Waals surface area contributed by atoms with Crippen molar-refractivity contribution >= 4 is 22.2 Å². The lowest BCUT2D eigenvalue weighted by molar-refractivity contribution is -0.131. The predicted octanol–water partition coefficient (Wildman–Crippen LogP) is -2.09. The van der Waals surface area contributed by atoms with Gasteiger partial charge in [-0.1, -0.05) is 0 Å². The molecule has 0 amide bonds. The zero-order chi connectivity index (χ0) is 10.1. The minimum Gasteiger partial charge on any atom is -0.345 e. The fraction of sp³-hybridized carbons (Fsp3) is 0.600. The second kappa shape index (κ2) is 3.50. The van der Waals surface area contributed by atoms with Gasteiger partial charge in [0.25, 0.3) is 0 Å². The molecular formula is C5H7NO6S. The first-order chi connectivity index (χ1) is 5.95. The Labute approximate surface area is 73.8 Å². The zero-order valence-corrected chi connectivity index (χ0v) is 7.15. The van der Waals surface area contributed by atoms with E-state index >= 15 is 0 Å². The molecule has 0 spiro atoms. The molecule has 2 unspecified atom stereocenters. The van der Waals surface area contributed by atoms with Gasteiger partial charge in [0.15, 0.2) is 6.29 Å². The molecule has 1 rings (SSSR count). The van der Waals surface area contributed by atoms with E-state index in [0.29, 0.717) is 0 Å². The van der Waals surface area contributed by atoms with E-state index in [0.717, 1.165) is 0 Å². The van der Waals surface area contributed by atoms with Gasteiger partial charge < -0.3 is 4.74 Å². The maximum Gasteiger partial charge on any atom is 0.306 e. The van der Waals surface area contributed by atoms with Crippen molar-refractivity contribution in [2.45, 2.75) is 11.6 Å². The number of rotatable bonds is 3. The Hall–Kier alpha value is -0.830. The highest BCUT2D eigenvalue weighted by atomic mass is 32.2. The molecule has 0 aromatic rings. The number of nitrogens with one attached hydrogen (secondary N) is 1. The highest BCUT2D eigenvalue weighted by molar-refractivity contribution is 7.86. The van der Waals surface area contributed by atoms with Crippen LogP contribution in [0, 0.1) is 0 Å². The Morgan fingerprint density at radius 2 is 2.23 bits per heavy atom. The van der Waals surface area contributed by atoms with Crippen molar-refractivity contribution in [1.29, 1.82) is 0 Å². The third-order valence-electron chi connectivity index (χ3n) is 1.48. The van der Waals surface area contributed by atoms with Crippen LogP contribution in [0.5, 0.6) is 0 Å². The number of carbonyl (C=O) groups is 2. The molecule has 7 nitrogen and oxygen atoms in total. The van der Waals surface area contributed by atoms with E-state index in [4.69, 9.17) is 4.55 Å². The first-order valence-electron chi connectivity index (χ1n) is 3.28. The fourth-order valence-corrected chi connectivity index (χ4v) is 1.45. The van der Waals surface area contributed by atoms with Crippen LogP contribution in [0.1, 0.15) is 0 Å². The first kappa shape index (κ1) is 10.3. The summed E-state index contributed by atoms with van der Waals surface area (Å²) in [5.41, 5.74) is -1.62. The normalized spacial score (nSPS) is 28.7. The van der Waals surface area contributed by atoms with Crippen LogP contribution in [-0.2, 0) is 24.4 Å². The molecule has 0 bridgehead atoms. The average molecular weight is 209 g/mol. The van der Waals surface area contributed by atoms with Gasteiger partial charge in [-0.15, -0.1) is 0 Å². The van der Waals surface area contributed by atoms with Gasteiger partial charge in [-0.05, 0) is 0 Å². The summed E-state index contributed by atoms with van der Waals surface area (Å²) in [4.78, 5) is 20.7. The summed E-state index contributed by atoms with van der Waals surface area (Å²) in [5.74, 6) is -0.814. The number of carbonyl (C=O) groups excluding carboxylic acids is 2. The first-order valence-corrected chi connectivity index (χ1v) is 4.78. The molecule has 1 saturated heterocycles. The minimum atomic E-state index is -4.38. The summed E-state index contributed by atoms with van der Waals surface area (Å²) in [6.45, 7) is -0.248. The number of ether oxygens (including phenoxy) is 1. The van der Waals surface area contributed by atoms with E-state index in [-0.39, 0.29) is 12.9 Å². The monoisotopic (exact) mass is 209 g/mol. The molecule has 1 heterocycles. The van der Waals surface area contributed by atoms with Gasteiger partial charge in [0.05, 0.1) is 6.61 Å². The van der Waals surface area contributed by atoms with Crippen molar-refractivity contribution in [3.63, 3.8) is 0 Å². The molecule has 2 N–H and O–H groups in total. The van der Waals surface area contributed by atoms with E-state index in [1.807, 2.05) is 0 Å². The van der Waals surface area contributed by atoms with Gasteiger partial charge >= 0.3 is 10.1 Å². The molecule has 8 heteroatoms. The number of Topliss-reactive ketones (excluding diaryl/α,β-unsaturated/α-hetero) is 1. The van der Waals surface area contributed by atoms with Crippen molar-refractivity contribution in [2.75, 3.05) is 6.61 Å². The smallest absolute Gasteiger partial charge is 0.306 e. The second-order valence-corrected chi connectivity index (χ2v) is 3.88. The van der Waals surface area contributed by atoms with Crippen molar-refractivity contribution in [3.05, 3.63) is 0 Å². The zero-order valence-electron chi connectivity index (χ0n) is 6.34. The Morgan fingerprint density at radius 3 is 2.62 bits per heavy atom. The molecule has 0 saturated carbocycles. The summed E-state index contributed by atoms with van der Waals surface area (Å²) >= 11 is 0. The number of hydrogen-bond acceptors (Lipinski definition) is 6. The largest absolute Gasteiger partial charge is 0.345 e. The Kier molecular flexibility index (Phi) is 2.76. The molecule has 0 aromatic carbocycles. The molecule has 1 aliphatic heterocycles. The molecule has 1 aliphatic rings. The van der Waals surface area contributed by atoms with Crippen LogP contribution in [0.3, 0.4) is 0 Å². The van der Waals surface area contributed by atoms with Gasteiger partial charge in [0.2, 0.25) is 11.3 Å². The van der Waals surface area contributed by atoms with Crippen LogP contribution in [-0.4, -0.2) is 43.2 Å². The molecule has 13 heavy (non-hydrogen) atoms. The number of ketones is 1. The standard InChI is InChI=1S/C5H7NO6S/c7-1-4(8)3-2-12-5(6-3)13(9,10)11/h1,3,5-6H,2H2,(H,9,10,11). The van der Waals surface area contributed by atoms with Crippen LogP contribution in [0.25, 0.3) is 0 Å². The lowest BCUT2D eigenvalue weighted by Gasteiger charge is -2.05. The second-order valence-electron chi connectivity index (χ2n) is 2.42. The van der Waals surface area contributed by atoms with Crippen molar-refractivity contribution in [3.8, 4) is 0 Å². The number of hydrogen-bond donors (Lipinski definition) is 2. The van der Waals surface area contributed by atoms with Crippen LogP contribution < -0.4 is 5.32 Å². The summed E-state index contributed by atoms with van der Waals surface area (Å²) in [5, 5.41) is 2.14. The third-order valence-corrected chi connectivity index (χ3v) is 2.29. The van der Waals surface area contributed by atoms with E-state index in [1.165, 1.54) is 0 Å². The lowest BCUT2D eigenvalue weighted by atomic mass is 10.2. The summed E-state index contributed by atoms with van der Waals surface area (Å²) in [7, 11) is -4.38. The maximum atomic E-state index is 10.7. The van der Waals surface area contributed by atoms with E-state index in [9.17, 15) is 18.0 Å². The average Bonchev–Trinajstić information content (AvgIpc) is 2.50. The topological polar surface area (TPSA) is 110 Å². The molecule has 1 fully saturated rings. The Balaban J connectivity index is 2.65. The van der Waals surface area contributed by atoms with E-state index in [2.05, 4.69) is 10.1 Å². The highest BCUT2D eigenvalue weighted by Crippen LogP contribution is 2.07. The lowest BCUT2D eigenvalue weighted by Crippen LogP contribution is -2.40. The van der Waals surface area contributed by atoms with Gasteiger partial charge in [-0.2, -0.15) is 8.42 Å². The molecular weight excluding hydrogens is 202 g/mol. The molecule has 74 valence electrons. The summed E-state index contributed by atoms with van der Waals surface area (Å²) < 4.78 is 33.9. The third kappa shape index (κ3) is 2.31. The Bertz CT molecular complexity index is 322. The van der Waals surface area contributed by atoms with Crippen LogP contribution in [0.15, 0.2) is 0 Å². The Morgan fingerprint density at radius 1 is 1.62 bits per heavy atom. The molecule has 0 aromatic heterocycles. The minimum absolute atomic E-state index is 0.0629. The summed E-state index contributed by atoms with van der Waals surface area (Å²) in [6.07, 6.45) is 0.0629. The van der Waals surface area contributed by atoms with Gasteiger partial charge in [-0.25, -0.2) is 0 Å². The predicted molar refractivity (Wildman–Crippen MR) is 39.3 cm³/mol. The van der Waals surface area contributed by atoms with Crippen molar-refractivity contribution < 1.29 is 27.3 Å². The molecule has 2 atom stereocenters. The van der Waals surface area contributed by atoms with Crippen LogP contribution in [0.4, 0.5) is 0 Å². The fourth-order valence-electron chi connectivity index (χ4n) is 0.862. The van der Waals surface area contributed by atoms with Crippen molar-refractivity contribution in [2.24, 2.45) is 0 Å². The SMILES string of the molecule is O=CC(=O)C1COC(S(=O)(=O)O)N1. The summed E-state index contributed by atoms with van der Waals surface area (Å²) in [6, 6.07) is -0.996. The van der Waals surface area contributed by atoms with E-state index in [1.54, 1.807) is 0 Å². The van der Waals surface area contributed by atoms with Crippen molar-refractivity contribution in [1.82, 2.24) is 5.32 Å². The van der Waals surface area contributed by atoms with Gasteiger partial charge in [0.1, 0.15) is 6.04 Å². The van der Waals surface area contributed by atoms with Gasteiger partial charge in [0, 0.05) is 0 Å².